The highest BCUT2D eigenvalue weighted by atomic mass is 35.5. The summed E-state index contributed by atoms with van der Waals surface area (Å²) in [7, 11) is 0. The van der Waals surface area contributed by atoms with Crippen molar-refractivity contribution < 1.29 is 9.47 Å². The Labute approximate surface area is 159 Å². The molecule has 2 aromatic rings. The topological polar surface area (TPSA) is 21.7 Å². The number of rotatable bonds is 7. The van der Waals surface area contributed by atoms with Crippen molar-refractivity contribution in [3.05, 3.63) is 63.6 Å². The van der Waals surface area contributed by atoms with E-state index in [2.05, 4.69) is 17.0 Å². The molecule has 5 heteroatoms. The molecule has 0 saturated carbocycles. The van der Waals surface area contributed by atoms with Crippen LogP contribution in [0.3, 0.4) is 0 Å². The number of aryl methyl sites for hydroxylation is 1. The number of morpholine rings is 1. The third kappa shape index (κ3) is 5.89. The van der Waals surface area contributed by atoms with E-state index < -0.39 is 0 Å². The van der Waals surface area contributed by atoms with Crippen molar-refractivity contribution in [3.8, 4) is 5.75 Å². The largest absolute Gasteiger partial charge is 0.489 e. The zero-order valence-corrected chi connectivity index (χ0v) is 15.7. The monoisotopic (exact) mass is 379 g/mol. The van der Waals surface area contributed by atoms with Gasteiger partial charge in [-0.3, -0.25) is 4.90 Å². The maximum atomic E-state index is 6.17. The van der Waals surface area contributed by atoms with E-state index in [0.29, 0.717) is 16.7 Å². The van der Waals surface area contributed by atoms with Crippen LogP contribution in [-0.2, 0) is 17.8 Å². The Bertz CT molecular complexity index is 670. The first-order valence-electron chi connectivity index (χ1n) is 8.66. The van der Waals surface area contributed by atoms with Crippen LogP contribution >= 0.6 is 23.2 Å². The van der Waals surface area contributed by atoms with Crippen molar-refractivity contribution in [2.75, 3.05) is 32.8 Å². The number of halogens is 2. The van der Waals surface area contributed by atoms with Gasteiger partial charge >= 0.3 is 0 Å². The van der Waals surface area contributed by atoms with Gasteiger partial charge in [-0.15, -0.1) is 0 Å². The lowest BCUT2D eigenvalue weighted by molar-refractivity contribution is 0.0374. The second-order valence-electron chi connectivity index (χ2n) is 6.23. The van der Waals surface area contributed by atoms with Gasteiger partial charge in [0.1, 0.15) is 12.4 Å². The zero-order valence-electron chi connectivity index (χ0n) is 14.2. The number of ether oxygens (including phenoxy) is 2. The maximum absolute atomic E-state index is 6.17. The summed E-state index contributed by atoms with van der Waals surface area (Å²) in [6.45, 7) is 5.41. The highest BCUT2D eigenvalue weighted by Crippen LogP contribution is 2.23. The van der Waals surface area contributed by atoms with Gasteiger partial charge in [-0.05, 0) is 49.2 Å². The molecule has 0 radical (unpaired) electrons. The van der Waals surface area contributed by atoms with Crippen LogP contribution in [0.5, 0.6) is 5.75 Å². The lowest BCUT2D eigenvalue weighted by atomic mass is 10.1. The summed E-state index contributed by atoms with van der Waals surface area (Å²) >= 11 is 12.1. The standard InChI is InChI=1S/C20H23Cl2NO2/c21-18-6-5-17(20(22)14-18)15-25-19-7-3-16(4-8-19)2-1-9-23-10-12-24-13-11-23/h3-8,14H,1-2,9-13,15H2. The molecule has 0 aromatic heterocycles. The van der Waals surface area contributed by atoms with Crippen LogP contribution in [-0.4, -0.2) is 37.7 Å². The molecule has 0 atom stereocenters. The molecular weight excluding hydrogens is 357 g/mol. The molecule has 0 unspecified atom stereocenters. The predicted molar refractivity (Wildman–Crippen MR) is 103 cm³/mol. The van der Waals surface area contributed by atoms with Gasteiger partial charge in [-0.1, -0.05) is 41.4 Å². The summed E-state index contributed by atoms with van der Waals surface area (Å²) in [6, 6.07) is 13.8. The van der Waals surface area contributed by atoms with Gasteiger partial charge in [0.15, 0.2) is 0 Å². The van der Waals surface area contributed by atoms with Crippen LogP contribution < -0.4 is 4.74 Å². The minimum atomic E-state index is 0.437. The van der Waals surface area contributed by atoms with E-state index in [1.165, 1.54) is 12.0 Å². The molecule has 0 aliphatic carbocycles. The Morgan fingerprint density at radius 3 is 2.48 bits per heavy atom. The average molecular weight is 380 g/mol. The van der Waals surface area contributed by atoms with Crippen LogP contribution in [0.2, 0.25) is 10.0 Å². The van der Waals surface area contributed by atoms with Crippen molar-refractivity contribution in [1.29, 1.82) is 0 Å². The first kappa shape index (κ1) is 18.5. The maximum Gasteiger partial charge on any atom is 0.119 e. The van der Waals surface area contributed by atoms with Gasteiger partial charge in [-0.2, -0.15) is 0 Å². The Hall–Kier alpha value is -1.26. The average Bonchev–Trinajstić information content (AvgIpc) is 2.63. The smallest absolute Gasteiger partial charge is 0.119 e. The molecular formula is C20H23Cl2NO2. The van der Waals surface area contributed by atoms with Crippen molar-refractivity contribution in [2.45, 2.75) is 19.4 Å². The van der Waals surface area contributed by atoms with Crippen LogP contribution in [0.15, 0.2) is 42.5 Å². The normalized spacial score (nSPS) is 15.3. The van der Waals surface area contributed by atoms with Crippen LogP contribution in [0.1, 0.15) is 17.5 Å². The SMILES string of the molecule is Clc1ccc(COc2ccc(CCCN3CCOCC3)cc2)c(Cl)c1. The van der Waals surface area contributed by atoms with Gasteiger partial charge in [0.25, 0.3) is 0 Å². The first-order chi connectivity index (χ1) is 12.2. The van der Waals surface area contributed by atoms with E-state index in [1.807, 2.05) is 24.3 Å². The van der Waals surface area contributed by atoms with Gasteiger partial charge in [0.2, 0.25) is 0 Å². The van der Waals surface area contributed by atoms with Gasteiger partial charge in [-0.25, -0.2) is 0 Å². The molecule has 1 saturated heterocycles. The van der Waals surface area contributed by atoms with E-state index >= 15 is 0 Å². The minimum absolute atomic E-state index is 0.437. The molecule has 0 amide bonds. The molecule has 2 aromatic carbocycles. The van der Waals surface area contributed by atoms with Crippen LogP contribution in [0, 0.1) is 0 Å². The number of hydrogen-bond acceptors (Lipinski definition) is 3. The summed E-state index contributed by atoms with van der Waals surface area (Å²) in [5, 5.41) is 1.27. The van der Waals surface area contributed by atoms with E-state index in [-0.39, 0.29) is 0 Å². The summed E-state index contributed by atoms with van der Waals surface area (Å²) in [6.07, 6.45) is 2.25. The molecule has 3 rings (SSSR count). The lowest BCUT2D eigenvalue weighted by Gasteiger charge is -2.26. The summed E-state index contributed by atoms with van der Waals surface area (Å²) in [4.78, 5) is 2.47. The Balaban J connectivity index is 1.43. The predicted octanol–water partition coefficient (Wildman–Crippen LogP) is 4.84. The van der Waals surface area contributed by atoms with Crippen molar-refractivity contribution in [3.63, 3.8) is 0 Å². The highest BCUT2D eigenvalue weighted by molar-refractivity contribution is 6.35. The second kappa shape index (κ2) is 9.44. The Morgan fingerprint density at radius 2 is 1.76 bits per heavy atom. The van der Waals surface area contributed by atoms with E-state index in [4.69, 9.17) is 32.7 Å². The van der Waals surface area contributed by atoms with E-state index in [0.717, 1.165) is 50.6 Å². The lowest BCUT2D eigenvalue weighted by Crippen LogP contribution is -2.36. The zero-order chi connectivity index (χ0) is 17.5. The summed E-state index contributed by atoms with van der Waals surface area (Å²) in [5.41, 5.74) is 2.27. The quantitative estimate of drug-likeness (QED) is 0.686. The Morgan fingerprint density at radius 1 is 1.00 bits per heavy atom. The van der Waals surface area contributed by atoms with Gasteiger partial charge in [0.05, 0.1) is 13.2 Å². The Kier molecular flexibility index (Phi) is 7.00. The molecule has 1 fully saturated rings. The number of benzene rings is 2. The number of hydrogen-bond donors (Lipinski definition) is 0. The molecule has 134 valence electrons. The van der Waals surface area contributed by atoms with Crippen LogP contribution in [0.4, 0.5) is 0 Å². The molecule has 1 aliphatic heterocycles. The fourth-order valence-corrected chi connectivity index (χ4v) is 3.35. The van der Waals surface area contributed by atoms with Gasteiger partial charge in [0, 0.05) is 28.7 Å². The molecule has 0 N–H and O–H groups in total. The van der Waals surface area contributed by atoms with Gasteiger partial charge < -0.3 is 9.47 Å². The molecule has 3 nitrogen and oxygen atoms in total. The summed E-state index contributed by atoms with van der Waals surface area (Å²) in [5.74, 6) is 0.850. The number of nitrogens with zero attached hydrogens (tertiary/aromatic N) is 1. The fourth-order valence-electron chi connectivity index (χ4n) is 2.88. The second-order valence-corrected chi connectivity index (χ2v) is 7.07. The molecule has 1 aliphatic rings. The highest BCUT2D eigenvalue weighted by Gasteiger charge is 2.09. The molecule has 25 heavy (non-hydrogen) atoms. The molecule has 0 bridgehead atoms. The third-order valence-electron chi connectivity index (χ3n) is 4.38. The van der Waals surface area contributed by atoms with Crippen molar-refractivity contribution in [2.24, 2.45) is 0 Å². The van der Waals surface area contributed by atoms with Crippen molar-refractivity contribution in [1.82, 2.24) is 4.90 Å². The first-order valence-corrected chi connectivity index (χ1v) is 9.42. The molecule has 0 spiro atoms. The third-order valence-corrected chi connectivity index (χ3v) is 4.96. The van der Waals surface area contributed by atoms with Crippen molar-refractivity contribution >= 4 is 23.2 Å². The minimum Gasteiger partial charge on any atom is -0.489 e. The van der Waals surface area contributed by atoms with Crippen LogP contribution in [0.25, 0.3) is 0 Å². The molecule has 1 heterocycles. The van der Waals surface area contributed by atoms with E-state index in [9.17, 15) is 0 Å². The van der Waals surface area contributed by atoms with E-state index in [1.54, 1.807) is 6.07 Å². The fraction of sp³-hybridized carbons (Fsp3) is 0.400. The summed E-state index contributed by atoms with van der Waals surface area (Å²) < 4.78 is 11.2.